The molecule has 0 unspecified atom stereocenters. The summed E-state index contributed by atoms with van der Waals surface area (Å²) in [6.07, 6.45) is 4.76. The van der Waals surface area contributed by atoms with Gasteiger partial charge in [0.25, 0.3) is 5.56 Å². The molecule has 0 spiro atoms. The van der Waals surface area contributed by atoms with E-state index in [9.17, 15) is 4.79 Å². The van der Waals surface area contributed by atoms with Gasteiger partial charge in [0.1, 0.15) is 4.70 Å². The van der Waals surface area contributed by atoms with Gasteiger partial charge in [-0.25, -0.2) is 4.98 Å². The lowest BCUT2D eigenvalue weighted by Crippen LogP contribution is -2.20. The van der Waals surface area contributed by atoms with Crippen LogP contribution in [-0.2, 0) is 6.54 Å². The number of aryl methyl sites for hydroxylation is 2. The van der Waals surface area contributed by atoms with Gasteiger partial charge in [-0.05, 0) is 36.3 Å². The Bertz CT molecular complexity index is 544. The molecule has 0 saturated heterocycles. The molecule has 2 aromatic rings. The van der Waals surface area contributed by atoms with E-state index in [2.05, 4.69) is 11.2 Å². The van der Waals surface area contributed by atoms with E-state index in [1.54, 1.807) is 22.7 Å². The van der Waals surface area contributed by atoms with Gasteiger partial charge >= 0.3 is 0 Å². The van der Waals surface area contributed by atoms with Crippen LogP contribution in [0.4, 0.5) is 0 Å². The summed E-state index contributed by atoms with van der Waals surface area (Å²) < 4.78 is 2.50. The van der Waals surface area contributed by atoms with Crippen LogP contribution < -0.4 is 5.56 Å². The molecule has 2 heterocycles. The molecule has 0 N–H and O–H groups in total. The summed E-state index contributed by atoms with van der Waals surface area (Å²) in [6, 6.07) is 0. The van der Waals surface area contributed by atoms with Crippen LogP contribution in [-0.4, -0.2) is 21.6 Å². The van der Waals surface area contributed by atoms with Crippen molar-refractivity contribution in [3.8, 4) is 0 Å². The molecule has 0 fully saturated rings. The van der Waals surface area contributed by atoms with Gasteiger partial charge in [-0.2, -0.15) is 11.8 Å². The van der Waals surface area contributed by atoms with E-state index in [1.165, 1.54) is 11.3 Å². The number of thioether (sulfide) groups is 1. The van der Waals surface area contributed by atoms with Crippen molar-refractivity contribution in [2.75, 3.05) is 12.0 Å². The van der Waals surface area contributed by atoms with Crippen molar-refractivity contribution >= 4 is 33.3 Å². The number of nitrogens with zero attached hydrogens (tertiary/aromatic N) is 2. The number of aromatic nitrogens is 2. The zero-order chi connectivity index (χ0) is 11.5. The average molecular weight is 254 g/mol. The summed E-state index contributed by atoms with van der Waals surface area (Å²) in [7, 11) is 0. The second-order valence-electron chi connectivity index (χ2n) is 3.69. The highest BCUT2D eigenvalue weighted by Crippen LogP contribution is 2.19. The number of rotatable bonds is 4. The molecule has 16 heavy (non-hydrogen) atoms. The molecule has 0 aliphatic rings. The van der Waals surface area contributed by atoms with Gasteiger partial charge in [-0.15, -0.1) is 11.3 Å². The molecule has 0 aliphatic heterocycles. The lowest BCUT2D eigenvalue weighted by molar-refractivity contribution is 0.653. The monoisotopic (exact) mass is 254 g/mol. The van der Waals surface area contributed by atoms with Crippen molar-refractivity contribution in [2.24, 2.45) is 0 Å². The Labute approximate surface area is 103 Å². The molecular formula is C11H14N2OS2. The quantitative estimate of drug-likeness (QED) is 0.786. The third-order valence-corrected chi connectivity index (χ3v) is 4.24. The van der Waals surface area contributed by atoms with Crippen molar-refractivity contribution < 1.29 is 0 Å². The Morgan fingerprint density at radius 1 is 1.56 bits per heavy atom. The number of thiophene rings is 1. The zero-order valence-electron chi connectivity index (χ0n) is 9.40. The predicted octanol–water partition coefficient (Wildman–Crippen LogP) is 2.52. The summed E-state index contributed by atoms with van der Waals surface area (Å²) >= 11 is 3.29. The lowest BCUT2D eigenvalue weighted by atomic mass is 10.3. The van der Waals surface area contributed by atoms with Gasteiger partial charge in [0, 0.05) is 6.54 Å². The molecule has 5 heteroatoms. The van der Waals surface area contributed by atoms with E-state index in [0.717, 1.165) is 34.5 Å². The second kappa shape index (κ2) is 5.01. The van der Waals surface area contributed by atoms with Crippen molar-refractivity contribution in [3.05, 3.63) is 27.6 Å². The molecule has 0 atom stereocenters. The van der Waals surface area contributed by atoms with E-state index >= 15 is 0 Å². The summed E-state index contributed by atoms with van der Waals surface area (Å²) in [6.45, 7) is 2.75. The second-order valence-corrected chi connectivity index (χ2v) is 5.55. The third kappa shape index (κ3) is 2.15. The van der Waals surface area contributed by atoms with E-state index in [-0.39, 0.29) is 5.56 Å². The Hall–Kier alpha value is -0.810. The van der Waals surface area contributed by atoms with Gasteiger partial charge in [0.15, 0.2) is 0 Å². The molecule has 0 aromatic carbocycles. The Morgan fingerprint density at radius 3 is 3.12 bits per heavy atom. The normalized spacial score (nSPS) is 11.1. The van der Waals surface area contributed by atoms with E-state index in [1.807, 2.05) is 12.3 Å². The number of hydrogen-bond acceptors (Lipinski definition) is 4. The minimum atomic E-state index is 0.101. The van der Waals surface area contributed by atoms with Crippen LogP contribution in [0.15, 0.2) is 16.5 Å². The minimum Gasteiger partial charge on any atom is -0.298 e. The van der Waals surface area contributed by atoms with Crippen LogP contribution in [0.25, 0.3) is 10.2 Å². The fraction of sp³-hybridized carbons (Fsp3) is 0.455. The van der Waals surface area contributed by atoms with Gasteiger partial charge < -0.3 is 0 Å². The molecular weight excluding hydrogens is 240 g/mol. The summed E-state index contributed by atoms with van der Waals surface area (Å²) in [4.78, 5) is 16.4. The highest BCUT2D eigenvalue weighted by Gasteiger charge is 2.07. The van der Waals surface area contributed by atoms with Gasteiger partial charge in [0.2, 0.25) is 0 Å². The summed E-state index contributed by atoms with van der Waals surface area (Å²) in [5.41, 5.74) is 2.05. The highest BCUT2D eigenvalue weighted by atomic mass is 32.2. The predicted molar refractivity (Wildman–Crippen MR) is 71.6 cm³/mol. The average Bonchev–Trinajstić information content (AvgIpc) is 2.65. The van der Waals surface area contributed by atoms with Crippen LogP contribution in [0.3, 0.4) is 0 Å². The molecule has 0 saturated carbocycles. The summed E-state index contributed by atoms with van der Waals surface area (Å²) in [5.74, 6) is 1.08. The molecule has 0 radical (unpaired) electrons. The lowest BCUT2D eigenvalue weighted by Gasteiger charge is -2.03. The van der Waals surface area contributed by atoms with Crippen molar-refractivity contribution in [1.82, 2.24) is 9.55 Å². The van der Waals surface area contributed by atoms with Gasteiger partial charge in [-0.3, -0.25) is 9.36 Å². The fourth-order valence-corrected chi connectivity index (χ4v) is 2.97. The third-order valence-electron chi connectivity index (χ3n) is 2.47. The molecule has 86 valence electrons. The van der Waals surface area contributed by atoms with Crippen LogP contribution in [0.2, 0.25) is 0 Å². The first-order valence-electron chi connectivity index (χ1n) is 5.16. The highest BCUT2D eigenvalue weighted by molar-refractivity contribution is 7.98. The Morgan fingerprint density at radius 2 is 2.38 bits per heavy atom. The largest absolute Gasteiger partial charge is 0.298 e. The standard InChI is InChI=1S/C11H14N2OS2/c1-8-6-16-10-9(8)12-7-13(11(10)14)4-3-5-15-2/h6-7H,3-5H2,1-2H3. The summed E-state index contributed by atoms with van der Waals surface area (Å²) in [5, 5.41) is 1.99. The van der Waals surface area contributed by atoms with E-state index in [0.29, 0.717) is 0 Å². The molecule has 2 rings (SSSR count). The first-order chi connectivity index (χ1) is 7.74. The number of fused-ring (bicyclic) bond motifs is 1. The molecule has 0 amide bonds. The van der Waals surface area contributed by atoms with Crippen molar-refractivity contribution in [1.29, 1.82) is 0 Å². The van der Waals surface area contributed by atoms with Crippen LogP contribution >= 0.6 is 23.1 Å². The van der Waals surface area contributed by atoms with Crippen LogP contribution in [0.5, 0.6) is 0 Å². The maximum absolute atomic E-state index is 12.1. The van der Waals surface area contributed by atoms with Crippen LogP contribution in [0.1, 0.15) is 12.0 Å². The van der Waals surface area contributed by atoms with Crippen molar-refractivity contribution in [2.45, 2.75) is 19.9 Å². The topological polar surface area (TPSA) is 34.9 Å². The number of hydrogen-bond donors (Lipinski definition) is 0. The van der Waals surface area contributed by atoms with Crippen LogP contribution in [0, 0.1) is 6.92 Å². The first kappa shape index (κ1) is 11.7. The molecule has 3 nitrogen and oxygen atoms in total. The molecule has 0 aliphatic carbocycles. The Kier molecular flexibility index (Phi) is 3.66. The minimum absolute atomic E-state index is 0.101. The first-order valence-corrected chi connectivity index (χ1v) is 7.43. The Balaban J connectivity index is 2.34. The molecule has 2 aromatic heterocycles. The van der Waals surface area contributed by atoms with Crippen molar-refractivity contribution in [3.63, 3.8) is 0 Å². The van der Waals surface area contributed by atoms with Gasteiger partial charge in [-0.1, -0.05) is 0 Å². The smallest absolute Gasteiger partial charge is 0.271 e. The van der Waals surface area contributed by atoms with E-state index in [4.69, 9.17) is 0 Å². The van der Waals surface area contributed by atoms with E-state index < -0.39 is 0 Å². The SMILES string of the molecule is CSCCCn1cnc2c(C)csc2c1=O. The maximum Gasteiger partial charge on any atom is 0.271 e. The van der Waals surface area contributed by atoms with Gasteiger partial charge in [0.05, 0.1) is 11.8 Å². The maximum atomic E-state index is 12.1. The fourth-order valence-electron chi connectivity index (χ4n) is 1.60. The zero-order valence-corrected chi connectivity index (χ0v) is 11.0. The molecule has 0 bridgehead atoms.